The highest BCUT2D eigenvalue weighted by molar-refractivity contribution is 5.93. The molecule has 36 heavy (non-hydrogen) atoms. The van der Waals surface area contributed by atoms with E-state index in [0.29, 0.717) is 22.4 Å². The van der Waals surface area contributed by atoms with Crippen LogP contribution in [0.25, 0.3) is 0 Å². The molecule has 0 saturated heterocycles. The van der Waals surface area contributed by atoms with Crippen molar-refractivity contribution in [1.82, 2.24) is 5.32 Å². The number of nitrogens with two attached hydrogens (primary N) is 1. The van der Waals surface area contributed by atoms with Crippen molar-refractivity contribution in [2.24, 2.45) is 5.73 Å². The second-order valence-corrected chi connectivity index (χ2v) is 7.64. The Kier molecular flexibility index (Phi) is 8.38. The molecule has 0 unspecified atom stereocenters. The van der Waals surface area contributed by atoms with Gasteiger partial charge in [-0.3, -0.25) is 4.79 Å². The number of methoxy groups -OCH3 is 1. The number of aliphatic hydroxyl groups excluding tert-OH is 1. The number of hydrogen-bond acceptors (Lipinski definition) is 5. The zero-order valence-corrected chi connectivity index (χ0v) is 19.2. The minimum Gasteiger partial charge on any atom is -0.494 e. The third-order valence-electron chi connectivity index (χ3n) is 5.13. The van der Waals surface area contributed by atoms with Crippen molar-refractivity contribution in [3.8, 4) is 11.5 Å². The van der Waals surface area contributed by atoms with Crippen molar-refractivity contribution >= 4 is 17.6 Å². The van der Waals surface area contributed by atoms with E-state index in [4.69, 9.17) is 15.2 Å². The number of halogens is 3. The number of anilines is 1. The smallest absolute Gasteiger partial charge is 0.416 e. The highest BCUT2D eigenvalue weighted by atomic mass is 19.4. The summed E-state index contributed by atoms with van der Waals surface area (Å²) in [6.07, 6.45) is -4.68. The Morgan fingerprint density at radius 3 is 2.44 bits per heavy atom. The number of rotatable bonds is 9. The van der Waals surface area contributed by atoms with Gasteiger partial charge < -0.3 is 30.9 Å². The molecule has 0 saturated carbocycles. The number of hydrogen-bond donors (Lipinski definition) is 4. The quantitative estimate of drug-likeness (QED) is 0.349. The average Bonchev–Trinajstić information content (AvgIpc) is 2.85. The Balaban J connectivity index is 1.70. The molecule has 0 aromatic heterocycles. The van der Waals surface area contributed by atoms with Gasteiger partial charge in [0.05, 0.1) is 25.0 Å². The second-order valence-electron chi connectivity index (χ2n) is 7.64. The summed E-state index contributed by atoms with van der Waals surface area (Å²) in [6.45, 7) is -0.580. The Morgan fingerprint density at radius 2 is 1.78 bits per heavy atom. The number of carbonyl (C=O) groups excluding carboxylic acids is 2. The molecule has 0 bridgehead atoms. The van der Waals surface area contributed by atoms with E-state index in [1.165, 1.54) is 7.11 Å². The SMILES string of the molecule is COc1c(CO)cc(C(F)(F)F)cc1NC(=O)NCc1ccccc1OCc1cccc(C(N)=O)c1. The first-order valence-electron chi connectivity index (χ1n) is 10.7. The summed E-state index contributed by atoms with van der Waals surface area (Å²) in [7, 11) is 1.22. The first-order chi connectivity index (χ1) is 17.1. The Morgan fingerprint density at radius 1 is 1.03 bits per heavy atom. The number of carbonyl (C=O) groups is 2. The van der Waals surface area contributed by atoms with E-state index in [1.807, 2.05) is 0 Å². The van der Waals surface area contributed by atoms with Crippen LogP contribution in [0.1, 0.15) is 32.6 Å². The van der Waals surface area contributed by atoms with Crippen molar-refractivity contribution < 1.29 is 37.3 Å². The third kappa shape index (κ3) is 6.66. The minimum atomic E-state index is -4.68. The molecule has 5 N–H and O–H groups in total. The molecule has 0 aliphatic rings. The van der Waals surface area contributed by atoms with Crippen LogP contribution in [0.15, 0.2) is 60.7 Å². The number of para-hydroxylation sites is 1. The van der Waals surface area contributed by atoms with Crippen LogP contribution in [-0.4, -0.2) is 24.2 Å². The lowest BCUT2D eigenvalue weighted by atomic mass is 10.1. The van der Waals surface area contributed by atoms with Gasteiger partial charge in [0.1, 0.15) is 18.1 Å². The normalized spacial score (nSPS) is 11.0. The van der Waals surface area contributed by atoms with Gasteiger partial charge in [-0.15, -0.1) is 0 Å². The lowest BCUT2D eigenvalue weighted by Gasteiger charge is -2.17. The molecule has 8 nitrogen and oxygen atoms in total. The number of ether oxygens (including phenoxy) is 2. The van der Waals surface area contributed by atoms with Crippen LogP contribution >= 0.6 is 0 Å². The number of benzene rings is 3. The Labute approximate surface area is 204 Å². The predicted octanol–water partition coefficient (Wildman–Crippen LogP) is 4.21. The number of amides is 3. The molecule has 0 aliphatic carbocycles. The van der Waals surface area contributed by atoms with E-state index in [-0.39, 0.29) is 30.2 Å². The molecular formula is C25H24F3N3O5. The van der Waals surface area contributed by atoms with Gasteiger partial charge in [-0.2, -0.15) is 13.2 Å². The van der Waals surface area contributed by atoms with Gasteiger partial charge in [0.25, 0.3) is 0 Å². The van der Waals surface area contributed by atoms with Gasteiger partial charge in [-0.25, -0.2) is 4.79 Å². The summed E-state index contributed by atoms with van der Waals surface area (Å²) in [4.78, 5) is 23.9. The minimum absolute atomic E-state index is 0.00251. The van der Waals surface area contributed by atoms with Gasteiger partial charge in [-0.1, -0.05) is 30.3 Å². The molecule has 0 spiro atoms. The molecule has 3 rings (SSSR count). The second kappa shape index (κ2) is 11.5. The first-order valence-corrected chi connectivity index (χ1v) is 10.7. The van der Waals surface area contributed by atoms with Gasteiger partial charge >= 0.3 is 12.2 Å². The van der Waals surface area contributed by atoms with Crippen molar-refractivity contribution in [2.45, 2.75) is 25.9 Å². The van der Waals surface area contributed by atoms with E-state index in [9.17, 15) is 27.9 Å². The van der Waals surface area contributed by atoms with Gasteiger partial charge in [-0.05, 0) is 35.9 Å². The zero-order chi connectivity index (χ0) is 26.3. The van der Waals surface area contributed by atoms with Crippen molar-refractivity contribution in [1.29, 1.82) is 0 Å². The maximum atomic E-state index is 13.2. The highest BCUT2D eigenvalue weighted by Crippen LogP contribution is 2.38. The molecule has 0 fully saturated rings. The molecular weight excluding hydrogens is 479 g/mol. The topological polar surface area (TPSA) is 123 Å². The fourth-order valence-corrected chi connectivity index (χ4v) is 3.41. The number of primary amides is 1. The third-order valence-corrected chi connectivity index (χ3v) is 5.13. The summed E-state index contributed by atoms with van der Waals surface area (Å²) in [6, 6.07) is 14.2. The van der Waals surface area contributed by atoms with Crippen LogP contribution in [0.4, 0.5) is 23.7 Å². The average molecular weight is 503 g/mol. The number of aliphatic hydroxyl groups is 1. The summed E-state index contributed by atoms with van der Waals surface area (Å²) in [5.74, 6) is -0.181. The van der Waals surface area contributed by atoms with Crippen LogP contribution in [0.3, 0.4) is 0 Å². The van der Waals surface area contributed by atoms with E-state index in [1.54, 1.807) is 48.5 Å². The molecule has 0 atom stereocenters. The predicted molar refractivity (Wildman–Crippen MR) is 126 cm³/mol. The standard InChI is InChI=1S/C25H24F3N3O5/c1-35-22-18(13-32)10-19(25(26,27)28)11-20(22)31-24(34)30-12-17-6-2-3-8-21(17)36-14-15-5-4-7-16(9-15)23(29)33/h2-11,32H,12-14H2,1H3,(H2,29,33)(H2,30,31,34). The summed E-state index contributed by atoms with van der Waals surface area (Å²) in [5.41, 5.74) is 5.55. The van der Waals surface area contributed by atoms with Crippen molar-refractivity contribution in [3.63, 3.8) is 0 Å². The molecule has 0 heterocycles. The largest absolute Gasteiger partial charge is 0.494 e. The molecule has 0 aliphatic heterocycles. The first kappa shape index (κ1) is 26.4. The Hall–Kier alpha value is -4.25. The van der Waals surface area contributed by atoms with Crippen LogP contribution in [0.5, 0.6) is 11.5 Å². The molecule has 3 amide bonds. The van der Waals surface area contributed by atoms with E-state index in [0.717, 1.165) is 12.1 Å². The summed E-state index contributed by atoms with van der Waals surface area (Å²) in [5, 5.41) is 14.4. The molecule has 190 valence electrons. The number of alkyl halides is 3. The fraction of sp³-hybridized carbons (Fsp3) is 0.200. The van der Waals surface area contributed by atoms with Crippen molar-refractivity contribution in [2.75, 3.05) is 12.4 Å². The molecule has 11 heteroatoms. The van der Waals surface area contributed by atoms with Crippen LogP contribution < -0.4 is 25.8 Å². The lowest BCUT2D eigenvalue weighted by molar-refractivity contribution is -0.137. The summed E-state index contributed by atoms with van der Waals surface area (Å²) >= 11 is 0. The molecule has 0 radical (unpaired) electrons. The maximum Gasteiger partial charge on any atom is 0.416 e. The van der Waals surface area contributed by atoms with Crippen LogP contribution in [0, 0.1) is 0 Å². The number of urea groups is 1. The van der Waals surface area contributed by atoms with Gasteiger partial charge in [0.2, 0.25) is 5.91 Å². The Bertz CT molecular complexity index is 1250. The van der Waals surface area contributed by atoms with E-state index >= 15 is 0 Å². The van der Waals surface area contributed by atoms with E-state index in [2.05, 4.69) is 10.6 Å². The lowest BCUT2D eigenvalue weighted by Crippen LogP contribution is -2.29. The summed E-state index contributed by atoms with van der Waals surface area (Å²) < 4.78 is 50.6. The van der Waals surface area contributed by atoms with Gasteiger partial charge in [0, 0.05) is 23.2 Å². The highest BCUT2D eigenvalue weighted by Gasteiger charge is 2.32. The molecule has 3 aromatic rings. The maximum absolute atomic E-state index is 13.2. The monoisotopic (exact) mass is 503 g/mol. The van der Waals surface area contributed by atoms with Crippen molar-refractivity contribution in [3.05, 3.63) is 88.5 Å². The molecule has 3 aromatic carbocycles. The fourth-order valence-electron chi connectivity index (χ4n) is 3.41. The van der Waals surface area contributed by atoms with Gasteiger partial charge in [0.15, 0.2) is 0 Å². The zero-order valence-electron chi connectivity index (χ0n) is 19.2. The van der Waals surface area contributed by atoms with Crippen LogP contribution in [0.2, 0.25) is 0 Å². The van der Waals surface area contributed by atoms with E-state index < -0.39 is 30.3 Å². The van der Waals surface area contributed by atoms with Crippen LogP contribution in [-0.2, 0) is 25.9 Å². The number of nitrogens with one attached hydrogen (secondary N) is 2.